The number of furan rings is 1. The zero-order valence-electron chi connectivity index (χ0n) is 13.3. The lowest BCUT2D eigenvalue weighted by Gasteiger charge is -1.99. The molecule has 0 fully saturated rings. The first kappa shape index (κ1) is 16.9. The maximum Gasteiger partial charge on any atom is 0.280 e. The number of nitrogens with zero attached hydrogens (tertiary/aromatic N) is 2. The van der Waals surface area contributed by atoms with Crippen LogP contribution >= 0.6 is 0 Å². The van der Waals surface area contributed by atoms with Crippen molar-refractivity contribution in [2.45, 2.75) is 0 Å². The number of hydrogen-bond acceptors (Lipinski definition) is 6. The summed E-state index contributed by atoms with van der Waals surface area (Å²) in [6.45, 7) is 0. The maximum atomic E-state index is 11.9. The van der Waals surface area contributed by atoms with Gasteiger partial charge in [0, 0.05) is 11.6 Å². The molecule has 0 saturated carbocycles. The summed E-state index contributed by atoms with van der Waals surface area (Å²) < 4.78 is 5.53. The summed E-state index contributed by atoms with van der Waals surface area (Å²) in [6, 6.07) is 15.1. The number of nitro groups is 1. The van der Waals surface area contributed by atoms with E-state index in [9.17, 15) is 20.0 Å². The number of hydrazone groups is 1. The molecular weight excluding hydrogens is 338 g/mol. The summed E-state index contributed by atoms with van der Waals surface area (Å²) in [6.07, 6.45) is 1.29. The average molecular weight is 351 g/mol. The quantitative estimate of drug-likeness (QED) is 0.415. The smallest absolute Gasteiger partial charge is 0.280 e. The summed E-state index contributed by atoms with van der Waals surface area (Å²) in [5.41, 5.74) is 2.95. The standard InChI is InChI=1S/C18H13N3O5/c22-13-7-5-12(6-8-13)18(23)20-19-11-14-9-10-17(26-14)15-3-1-2-4-16(15)21(24)25/h1-11,22H,(H,20,23)/b19-11+. The van der Waals surface area contributed by atoms with Gasteiger partial charge in [-0.25, -0.2) is 5.43 Å². The van der Waals surface area contributed by atoms with Gasteiger partial charge in [0.2, 0.25) is 0 Å². The third-order valence-corrected chi connectivity index (χ3v) is 3.48. The van der Waals surface area contributed by atoms with E-state index in [1.807, 2.05) is 0 Å². The molecule has 2 aromatic carbocycles. The Kier molecular flexibility index (Phi) is 4.75. The van der Waals surface area contributed by atoms with Crippen LogP contribution in [0.25, 0.3) is 11.3 Å². The largest absolute Gasteiger partial charge is 0.508 e. The van der Waals surface area contributed by atoms with Crippen LogP contribution in [0.4, 0.5) is 5.69 Å². The van der Waals surface area contributed by atoms with Gasteiger partial charge in [0.15, 0.2) is 0 Å². The molecule has 1 amide bonds. The van der Waals surface area contributed by atoms with Gasteiger partial charge in [-0.05, 0) is 42.5 Å². The molecule has 3 aromatic rings. The van der Waals surface area contributed by atoms with Gasteiger partial charge in [-0.3, -0.25) is 14.9 Å². The zero-order chi connectivity index (χ0) is 18.5. The number of phenolic OH excluding ortho intramolecular Hbond substituents is 1. The molecule has 1 heterocycles. The Morgan fingerprint density at radius 1 is 1.12 bits per heavy atom. The molecule has 8 nitrogen and oxygen atoms in total. The Balaban J connectivity index is 1.71. The summed E-state index contributed by atoms with van der Waals surface area (Å²) in [7, 11) is 0. The van der Waals surface area contributed by atoms with Crippen LogP contribution in [-0.4, -0.2) is 22.2 Å². The van der Waals surface area contributed by atoms with Gasteiger partial charge in [-0.2, -0.15) is 5.10 Å². The van der Waals surface area contributed by atoms with Crippen molar-refractivity contribution in [2.75, 3.05) is 0 Å². The van der Waals surface area contributed by atoms with Crippen LogP contribution in [0.15, 0.2) is 70.2 Å². The van der Waals surface area contributed by atoms with Crippen LogP contribution in [0.1, 0.15) is 16.1 Å². The van der Waals surface area contributed by atoms with Gasteiger partial charge in [0.05, 0.1) is 16.7 Å². The number of nitrogens with one attached hydrogen (secondary N) is 1. The van der Waals surface area contributed by atoms with E-state index < -0.39 is 10.8 Å². The molecule has 1 aromatic heterocycles. The number of aromatic hydroxyl groups is 1. The van der Waals surface area contributed by atoms with Gasteiger partial charge in [-0.15, -0.1) is 0 Å². The number of para-hydroxylation sites is 1. The predicted octanol–water partition coefficient (Wildman–Crippen LogP) is 3.32. The predicted molar refractivity (Wildman–Crippen MR) is 94.0 cm³/mol. The summed E-state index contributed by atoms with van der Waals surface area (Å²) in [5.74, 6) is 0.252. The lowest BCUT2D eigenvalue weighted by molar-refractivity contribution is -0.384. The Morgan fingerprint density at radius 2 is 1.85 bits per heavy atom. The highest BCUT2D eigenvalue weighted by atomic mass is 16.6. The second-order valence-corrected chi connectivity index (χ2v) is 5.22. The van der Waals surface area contributed by atoms with Crippen molar-refractivity contribution < 1.29 is 19.2 Å². The first-order chi connectivity index (χ1) is 12.5. The van der Waals surface area contributed by atoms with Crippen LogP contribution < -0.4 is 5.43 Å². The van der Waals surface area contributed by atoms with E-state index in [4.69, 9.17) is 4.42 Å². The van der Waals surface area contributed by atoms with Crippen LogP contribution in [0.2, 0.25) is 0 Å². The molecule has 0 atom stereocenters. The highest BCUT2D eigenvalue weighted by Gasteiger charge is 2.16. The molecule has 26 heavy (non-hydrogen) atoms. The summed E-state index contributed by atoms with van der Waals surface area (Å²) >= 11 is 0. The monoisotopic (exact) mass is 351 g/mol. The minimum absolute atomic E-state index is 0.0585. The van der Waals surface area contributed by atoms with E-state index in [0.717, 1.165) is 0 Å². The van der Waals surface area contributed by atoms with Crippen molar-refractivity contribution in [1.82, 2.24) is 5.43 Å². The molecule has 0 aliphatic rings. The summed E-state index contributed by atoms with van der Waals surface area (Å²) in [5, 5.41) is 24.1. The number of carbonyl (C=O) groups is 1. The van der Waals surface area contributed by atoms with E-state index in [2.05, 4.69) is 10.5 Å². The fourth-order valence-corrected chi connectivity index (χ4v) is 2.24. The Morgan fingerprint density at radius 3 is 2.58 bits per heavy atom. The second-order valence-electron chi connectivity index (χ2n) is 5.22. The van der Waals surface area contributed by atoms with Gasteiger partial charge >= 0.3 is 0 Å². The van der Waals surface area contributed by atoms with Crippen LogP contribution in [0.3, 0.4) is 0 Å². The number of nitro benzene ring substituents is 1. The normalized spacial score (nSPS) is 10.8. The lowest BCUT2D eigenvalue weighted by atomic mass is 10.1. The topological polar surface area (TPSA) is 118 Å². The van der Waals surface area contributed by atoms with Gasteiger partial charge in [-0.1, -0.05) is 12.1 Å². The van der Waals surface area contributed by atoms with Crippen LogP contribution in [-0.2, 0) is 0 Å². The Hall–Kier alpha value is -3.94. The van der Waals surface area contributed by atoms with E-state index in [1.54, 1.807) is 30.3 Å². The van der Waals surface area contributed by atoms with Crippen molar-refractivity contribution in [3.63, 3.8) is 0 Å². The molecule has 8 heteroatoms. The van der Waals surface area contributed by atoms with Crippen molar-refractivity contribution in [1.29, 1.82) is 0 Å². The third kappa shape index (κ3) is 3.75. The van der Waals surface area contributed by atoms with Gasteiger partial charge in [0.1, 0.15) is 17.3 Å². The van der Waals surface area contributed by atoms with Crippen molar-refractivity contribution in [3.05, 3.63) is 82.1 Å². The second kappa shape index (κ2) is 7.31. The molecule has 0 radical (unpaired) electrons. The SMILES string of the molecule is O=C(N/N=C/c1ccc(-c2ccccc2[N+](=O)[O-])o1)c1ccc(O)cc1. The summed E-state index contributed by atoms with van der Waals surface area (Å²) in [4.78, 5) is 22.5. The highest BCUT2D eigenvalue weighted by molar-refractivity contribution is 5.94. The number of carbonyl (C=O) groups excluding carboxylic acids is 1. The van der Waals surface area contributed by atoms with E-state index >= 15 is 0 Å². The van der Waals surface area contributed by atoms with E-state index in [1.165, 1.54) is 36.5 Å². The number of phenols is 1. The first-order valence-electron chi connectivity index (χ1n) is 7.50. The number of benzene rings is 2. The minimum Gasteiger partial charge on any atom is -0.508 e. The van der Waals surface area contributed by atoms with Crippen molar-refractivity contribution in [2.24, 2.45) is 5.10 Å². The number of hydrogen-bond donors (Lipinski definition) is 2. The van der Waals surface area contributed by atoms with E-state index in [0.29, 0.717) is 22.6 Å². The molecule has 0 saturated heterocycles. The van der Waals surface area contributed by atoms with Gasteiger partial charge < -0.3 is 9.52 Å². The number of amides is 1. The zero-order valence-corrected chi connectivity index (χ0v) is 13.3. The lowest BCUT2D eigenvalue weighted by Crippen LogP contribution is -2.17. The minimum atomic E-state index is -0.483. The number of rotatable bonds is 5. The van der Waals surface area contributed by atoms with Crippen molar-refractivity contribution in [3.8, 4) is 17.1 Å². The fourth-order valence-electron chi connectivity index (χ4n) is 2.24. The highest BCUT2D eigenvalue weighted by Crippen LogP contribution is 2.30. The molecule has 130 valence electrons. The molecule has 2 N–H and O–H groups in total. The molecule has 0 spiro atoms. The molecule has 0 aliphatic heterocycles. The van der Waals surface area contributed by atoms with Crippen molar-refractivity contribution >= 4 is 17.8 Å². The first-order valence-corrected chi connectivity index (χ1v) is 7.50. The average Bonchev–Trinajstić information content (AvgIpc) is 3.11. The maximum absolute atomic E-state index is 11.9. The molecular formula is C18H13N3O5. The molecule has 3 rings (SSSR count). The Labute approximate surface area is 147 Å². The van der Waals surface area contributed by atoms with Crippen LogP contribution in [0, 0.1) is 10.1 Å². The fraction of sp³-hybridized carbons (Fsp3) is 0. The third-order valence-electron chi connectivity index (χ3n) is 3.48. The molecule has 0 unspecified atom stereocenters. The molecule has 0 aliphatic carbocycles. The molecule has 0 bridgehead atoms. The Bertz CT molecular complexity index is 977. The van der Waals surface area contributed by atoms with Gasteiger partial charge in [0.25, 0.3) is 11.6 Å². The van der Waals surface area contributed by atoms with E-state index in [-0.39, 0.29) is 11.4 Å². The van der Waals surface area contributed by atoms with Crippen LogP contribution in [0.5, 0.6) is 5.75 Å².